The number of allylic oxidation sites excluding steroid dienone is 2. The molecule has 0 atom stereocenters. The Morgan fingerprint density at radius 1 is 1.67 bits per heavy atom. The van der Waals surface area contributed by atoms with Crippen LogP contribution in [0.2, 0.25) is 0 Å². The van der Waals surface area contributed by atoms with E-state index < -0.39 is 0 Å². The molecule has 0 aliphatic heterocycles. The minimum absolute atomic E-state index is 0.739. The minimum Gasteiger partial charge on any atom is -0.402 e. The van der Waals surface area contributed by atoms with Gasteiger partial charge in [0.05, 0.1) is 0 Å². The summed E-state index contributed by atoms with van der Waals surface area (Å²) in [5.41, 5.74) is 7.47. The molecule has 0 radical (unpaired) electrons. The zero-order valence-electron chi connectivity index (χ0n) is 6.28. The molecule has 0 aromatic carbocycles. The molecule has 0 aromatic rings. The van der Waals surface area contributed by atoms with Crippen molar-refractivity contribution < 1.29 is 0 Å². The van der Waals surface area contributed by atoms with Crippen LogP contribution in [0.1, 0.15) is 26.7 Å². The van der Waals surface area contributed by atoms with E-state index in [-0.39, 0.29) is 0 Å². The van der Waals surface area contributed by atoms with Gasteiger partial charge in [-0.2, -0.15) is 0 Å². The second-order valence-electron chi connectivity index (χ2n) is 2.27. The lowest BCUT2D eigenvalue weighted by Crippen LogP contribution is -1.91. The lowest BCUT2D eigenvalue weighted by atomic mass is 10.2. The summed E-state index contributed by atoms with van der Waals surface area (Å²) in [7, 11) is 0. The van der Waals surface area contributed by atoms with Gasteiger partial charge >= 0.3 is 0 Å². The standard InChI is InChI=1S/C8H15N/c1-4-7(2)5-6-8(3)9/h5H,3-4,6,9H2,1-2H3/b7-5+. The van der Waals surface area contributed by atoms with E-state index in [1.165, 1.54) is 5.57 Å². The van der Waals surface area contributed by atoms with Crippen molar-refractivity contribution in [2.45, 2.75) is 26.7 Å². The van der Waals surface area contributed by atoms with Crippen molar-refractivity contribution in [2.24, 2.45) is 5.73 Å². The number of nitrogens with two attached hydrogens (primary N) is 1. The van der Waals surface area contributed by atoms with E-state index in [1.807, 2.05) is 0 Å². The molecular formula is C8H15N. The van der Waals surface area contributed by atoms with Crippen molar-refractivity contribution >= 4 is 0 Å². The molecule has 0 amide bonds. The van der Waals surface area contributed by atoms with Gasteiger partial charge in [-0.15, -0.1) is 0 Å². The number of hydrogen-bond donors (Lipinski definition) is 1. The molecule has 0 aliphatic carbocycles. The normalized spacial score (nSPS) is 11.6. The first-order chi connectivity index (χ1) is 4.16. The fourth-order valence-corrected chi connectivity index (χ4v) is 0.450. The van der Waals surface area contributed by atoms with Crippen molar-refractivity contribution in [2.75, 3.05) is 0 Å². The molecule has 9 heavy (non-hydrogen) atoms. The molecule has 52 valence electrons. The molecule has 0 saturated carbocycles. The fourth-order valence-electron chi connectivity index (χ4n) is 0.450. The van der Waals surface area contributed by atoms with Gasteiger partial charge in [0.1, 0.15) is 0 Å². The lowest BCUT2D eigenvalue weighted by molar-refractivity contribution is 1.06. The monoisotopic (exact) mass is 125 g/mol. The van der Waals surface area contributed by atoms with E-state index >= 15 is 0 Å². The predicted molar refractivity (Wildman–Crippen MR) is 42.0 cm³/mol. The maximum atomic E-state index is 5.36. The molecule has 0 unspecified atom stereocenters. The second-order valence-corrected chi connectivity index (χ2v) is 2.27. The minimum atomic E-state index is 0.739. The summed E-state index contributed by atoms with van der Waals surface area (Å²) in [6, 6.07) is 0. The first kappa shape index (κ1) is 8.28. The van der Waals surface area contributed by atoms with E-state index in [9.17, 15) is 0 Å². The van der Waals surface area contributed by atoms with Crippen molar-refractivity contribution in [1.82, 2.24) is 0 Å². The molecule has 0 rings (SSSR count). The first-order valence-corrected chi connectivity index (χ1v) is 3.25. The van der Waals surface area contributed by atoms with Crippen LogP contribution in [0.25, 0.3) is 0 Å². The molecule has 0 aromatic heterocycles. The highest BCUT2D eigenvalue weighted by atomic mass is 14.5. The summed E-state index contributed by atoms with van der Waals surface area (Å²) in [6.45, 7) is 7.82. The molecule has 1 nitrogen and oxygen atoms in total. The Bertz CT molecular complexity index is 123. The average Bonchev–Trinajstić information content (AvgIpc) is 1.83. The lowest BCUT2D eigenvalue weighted by Gasteiger charge is -1.94. The van der Waals surface area contributed by atoms with Gasteiger partial charge in [-0.1, -0.05) is 25.2 Å². The summed E-state index contributed by atoms with van der Waals surface area (Å²) in [5.74, 6) is 0. The largest absolute Gasteiger partial charge is 0.402 e. The zero-order chi connectivity index (χ0) is 7.28. The van der Waals surface area contributed by atoms with Gasteiger partial charge in [-0.3, -0.25) is 0 Å². The summed E-state index contributed by atoms with van der Waals surface area (Å²) < 4.78 is 0. The fraction of sp³-hybridized carbons (Fsp3) is 0.500. The van der Waals surface area contributed by atoms with E-state index in [0.717, 1.165) is 18.5 Å². The molecular weight excluding hydrogens is 110 g/mol. The predicted octanol–water partition coefficient (Wildman–Crippen LogP) is 2.21. The highest BCUT2D eigenvalue weighted by Crippen LogP contribution is 2.01. The molecule has 0 saturated heterocycles. The van der Waals surface area contributed by atoms with E-state index in [0.29, 0.717) is 0 Å². The highest BCUT2D eigenvalue weighted by molar-refractivity contribution is 5.04. The van der Waals surface area contributed by atoms with E-state index in [1.54, 1.807) is 0 Å². The average molecular weight is 125 g/mol. The van der Waals surface area contributed by atoms with Crippen molar-refractivity contribution in [1.29, 1.82) is 0 Å². The van der Waals surface area contributed by atoms with Gasteiger partial charge in [0.25, 0.3) is 0 Å². The summed E-state index contributed by atoms with van der Waals surface area (Å²) in [6.07, 6.45) is 4.04. The Labute approximate surface area is 57.3 Å². The van der Waals surface area contributed by atoms with Gasteiger partial charge in [-0.05, 0) is 13.3 Å². The molecule has 0 fully saturated rings. The van der Waals surface area contributed by atoms with Crippen LogP contribution in [0.4, 0.5) is 0 Å². The molecule has 2 N–H and O–H groups in total. The summed E-state index contributed by atoms with van der Waals surface area (Å²) in [4.78, 5) is 0. The third-order valence-corrected chi connectivity index (χ3v) is 1.27. The quantitative estimate of drug-likeness (QED) is 0.575. The van der Waals surface area contributed by atoms with Crippen LogP contribution >= 0.6 is 0 Å². The van der Waals surface area contributed by atoms with Crippen LogP contribution < -0.4 is 5.73 Å². The second kappa shape index (κ2) is 4.19. The molecule has 1 heteroatoms. The zero-order valence-corrected chi connectivity index (χ0v) is 6.28. The first-order valence-electron chi connectivity index (χ1n) is 3.25. The number of rotatable bonds is 3. The van der Waals surface area contributed by atoms with Gasteiger partial charge in [0.2, 0.25) is 0 Å². The van der Waals surface area contributed by atoms with Crippen LogP contribution in [-0.4, -0.2) is 0 Å². The van der Waals surface area contributed by atoms with Crippen LogP contribution in [-0.2, 0) is 0 Å². The van der Waals surface area contributed by atoms with Gasteiger partial charge in [0.15, 0.2) is 0 Å². The van der Waals surface area contributed by atoms with E-state index in [2.05, 4.69) is 26.5 Å². The van der Waals surface area contributed by atoms with Crippen LogP contribution in [0, 0.1) is 0 Å². The molecule has 0 heterocycles. The summed E-state index contributed by atoms with van der Waals surface area (Å²) in [5, 5.41) is 0. The molecule has 0 spiro atoms. The Morgan fingerprint density at radius 2 is 2.22 bits per heavy atom. The maximum Gasteiger partial charge on any atom is 0.00459 e. The van der Waals surface area contributed by atoms with Crippen molar-refractivity contribution in [3.63, 3.8) is 0 Å². The Hall–Kier alpha value is -0.720. The Balaban J connectivity index is 3.56. The third kappa shape index (κ3) is 5.15. The maximum absolute atomic E-state index is 5.36. The van der Waals surface area contributed by atoms with Gasteiger partial charge in [-0.25, -0.2) is 0 Å². The molecule has 0 bridgehead atoms. The highest BCUT2D eigenvalue weighted by Gasteiger charge is 1.83. The van der Waals surface area contributed by atoms with Crippen LogP contribution in [0.5, 0.6) is 0 Å². The van der Waals surface area contributed by atoms with E-state index in [4.69, 9.17) is 5.73 Å². The molecule has 0 aliphatic rings. The third-order valence-electron chi connectivity index (χ3n) is 1.27. The van der Waals surface area contributed by atoms with Crippen molar-refractivity contribution in [3.8, 4) is 0 Å². The Morgan fingerprint density at radius 3 is 2.56 bits per heavy atom. The topological polar surface area (TPSA) is 26.0 Å². The number of hydrogen-bond acceptors (Lipinski definition) is 1. The van der Waals surface area contributed by atoms with Crippen LogP contribution in [0.3, 0.4) is 0 Å². The smallest absolute Gasteiger partial charge is 0.00459 e. The van der Waals surface area contributed by atoms with Crippen LogP contribution in [0.15, 0.2) is 23.9 Å². The van der Waals surface area contributed by atoms with Crippen molar-refractivity contribution in [3.05, 3.63) is 23.9 Å². The SMILES string of the molecule is C=C(N)C/C=C(\C)CC. The van der Waals surface area contributed by atoms with Gasteiger partial charge in [0, 0.05) is 12.1 Å². The van der Waals surface area contributed by atoms with Gasteiger partial charge < -0.3 is 5.73 Å². The summed E-state index contributed by atoms with van der Waals surface area (Å²) >= 11 is 0. The Kier molecular flexibility index (Phi) is 3.85.